The summed E-state index contributed by atoms with van der Waals surface area (Å²) >= 11 is 0. The summed E-state index contributed by atoms with van der Waals surface area (Å²) in [6.07, 6.45) is 2.82. The number of carbonyl (C=O) groups excluding carboxylic acids is 6. The summed E-state index contributed by atoms with van der Waals surface area (Å²) in [6, 6.07) is 0. The first-order valence-electron chi connectivity index (χ1n) is 10.4. The molecule has 0 amide bonds. The number of Topliss-reactive ketones (excluding diaryl/α,β-unsaturated/α-hetero) is 3. The van der Waals surface area contributed by atoms with E-state index in [1.807, 2.05) is 6.92 Å². The summed E-state index contributed by atoms with van der Waals surface area (Å²) in [5, 5.41) is 39.6. The van der Waals surface area contributed by atoms with Crippen molar-refractivity contribution in [2.75, 3.05) is 6.61 Å². The number of ketones is 3. The molecule has 3 unspecified atom stereocenters. The molecule has 0 spiro atoms. The predicted molar refractivity (Wildman–Crippen MR) is 108 cm³/mol. The third-order valence-corrected chi connectivity index (χ3v) is 4.05. The number of rotatable bonds is 11. The van der Waals surface area contributed by atoms with Crippen molar-refractivity contribution in [3.8, 4) is 0 Å². The molecule has 3 atom stereocenters. The molecule has 10 nitrogen and oxygen atoms in total. The van der Waals surface area contributed by atoms with Crippen LogP contribution in [0.5, 0.6) is 0 Å². The first-order valence-corrected chi connectivity index (χ1v) is 10.4. The fraction of sp³-hybridized carbons (Fsp3) is 0.727. The molecule has 188 valence electrons. The molecule has 0 saturated heterocycles. The van der Waals surface area contributed by atoms with Crippen LogP contribution in [0.2, 0.25) is 0 Å². The van der Waals surface area contributed by atoms with Gasteiger partial charge in [0.15, 0.2) is 0 Å². The summed E-state index contributed by atoms with van der Waals surface area (Å²) in [5.74, 6) is -7.56. The van der Waals surface area contributed by atoms with Crippen LogP contribution in [0.4, 0.5) is 0 Å². The van der Waals surface area contributed by atoms with Crippen molar-refractivity contribution in [3.63, 3.8) is 0 Å². The Morgan fingerprint density at radius 2 is 0.788 bits per heavy atom. The molecule has 11 heteroatoms. The van der Waals surface area contributed by atoms with Crippen LogP contribution in [-0.2, 0) is 55.0 Å². The number of unbranched alkanes of at least 4 members (excludes halogenated alkanes) is 1. The van der Waals surface area contributed by atoms with Crippen LogP contribution in [-0.4, -0.2) is 41.9 Å². The first-order chi connectivity index (χ1) is 14.7. The fourth-order valence-electron chi connectivity index (χ4n) is 2.00. The van der Waals surface area contributed by atoms with E-state index in [0.29, 0.717) is 19.3 Å². The van der Waals surface area contributed by atoms with Gasteiger partial charge in [0.1, 0.15) is 17.3 Å². The van der Waals surface area contributed by atoms with E-state index < -0.39 is 35.7 Å². The van der Waals surface area contributed by atoms with Crippen molar-refractivity contribution >= 4 is 35.3 Å². The third-order valence-electron chi connectivity index (χ3n) is 4.05. The molecule has 0 aromatic carbocycles. The summed E-state index contributed by atoms with van der Waals surface area (Å²) in [7, 11) is 0. The Bertz CT molecular complexity index is 470. The Kier molecular flexibility index (Phi) is 33.4. The van der Waals surface area contributed by atoms with Gasteiger partial charge in [0, 0.05) is 0 Å². The number of carboxylic acids is 3. The average Bonchev–Trinajstić information content (AvgIpc) is 2.63. The van der Waals surface area contributed by atoms with Crippen LogP contribution >= 0.6 is 0 Å². The quantitative estimate of drug-likeness (QED) is 0.264. The number of hydrogen-bond acceptors (Lipinski definition) is 10. The molecule has 0 aliphatic carbocycles. The Morgan fingerprint density at radius 1 is 0.576 bits per heavy atom. The average molecular weight is 552 g/mol. The van der Waals surface area contributed by atoms with Gasteiger partial charge in [0.05, 0.1) is 35.7 Å². The SMILES string of the molecule is CCC(C(C)=O)C(=O)[O-].CCC(C(C)=O)C(=O)[O-].CCC(C(C)=O)C(=O)[O-].CCCC[O-].[Zr+4]. The normalized spacial score (nSPS) is 11.6. The smallest absolute Gasteiger partial charge is 0.854 e. The number of carboxylic acid groups (broad SMARTS) is 3. The first kappa shape index (κ1) is 41.5. The van der Waals surface area contributed by atoms with Gasteiger partial charge < -0.3 is 34.8 Å². The molecule has 0 aliphatic rings. The Balaban J connectivity index is -0.000000107. The zero-order valence-corrected chi connectivity index (χ0v) is 23.0. The fourth-order valence-corrected chi connectivity index (χ4v) is 2.00. The molecule has 0 aliphatic heterocycles. The molecule has 0 radical (unpaired) electrons. The van der Waals surface area contributed by atoms with Gasteiger partial charge in [-0.05, 0) is 40.0 Å². The summed E-state index contributed by atoms with van der Waals surface area (Å²) in [5.41, 5.74) is 0. The van der Waals surface area contributed by atoms with Gasteiger partial charge in [0.2, 0.25) is 0 Å². The summed E-state index contributed by atoms with van der Waals surface area (Å²) in [6.45, 7) is 10.8. The molecule has 0 heterocycles. The molecule has 0 fully saturated rings. The van der Waals surface area contributed by atoms with Crippen LogP contribution in [0.15, 0.2) is 0 Å². The van der Waals surface area contributed by atoms with E-state index in [1.165, 1.54) is 20.8 Å². The van der Waals surface area contributed by atoms with Gasteiger partial charge in [-0.25, -0.2) is 0 Å². The molecular weight excluding hydrogens is 515 g/mol. The van der Waals surface area contributed by atoms with E-state index in [1.54, 1.807) is 20.8 Å². The zero-order valence-electron chi connectivity index (χ0n) is 20.6. The van der Waals surface area contributed by atoms with Crippen LogP contribution in [0.1, 0.15) is 80.6 Å². The maximum atomic E-state index is 10.4. The van der Waals surface area contributed by atoms with Crippen LogP contribution in [0, 0.1) is 17.8 Å². The number of carbonyl (C=O) groups is 6. The maximum Gasteiger partial charge on any atom is 4.00 e. The molecule has 0 aromatic rings. The van der Waals surface area contributed by atoms with Gasteiger partial charge >= 0.3 is 26.2 Å². The van der Waals surface area contributed by atoms with E-state index >= 15 is 0 Å². The molecular formula is C22H36O10Zr. The topological polar surface area (TPSA) is 195 Å². The van der Waals surface area contributed by atoms with Crippen molar-refractivity contribution in [2.24, 2.45) is 17.8 Å². The van der Waals surface area contributed by atoms with E-state index in [4.69, 9.17) is 0 Å². The number of hydrogen-bond donors (Lipinski definition) is 0. The van der Waals surface area contributed by atoms with Crippen molar-refractivity contribution in [3.05, 3.63) is 0 Å². The van der Waals surface area contributed by atoms with Gasteiger partial charge in [0.25, 0.3) is 0 Å². The van der Waals surface area contributed by atoms with Crippen molar-refractivity contribution in [2.45, 2.75) is 80.6 Å². The molecule has 0 aromatic heterocycles. The minimum absolute atomic E-state index is 0. The van der Waals surface area contributed by atoms with Crippen molar-refractivity contribution in [1.29, 1.82) is 0 Å². The second-order valence-electron chi connectivity index (χ2n) is 6.73. The monoisotopic (exact) mass is 550 g/mol. The second kappa shape index (κ2) is 26.5. The van der Waals surface area contributed by atoms with Gasteiger partial charge in [-0.15, -0.1) is 6.61 Å². The molecule has 33 heavy (non-hydrogen) atoms. The predicted octanol–water partition coefficient (Wildman–Crippen LogP) is -1.80. The Hall–Kier alpha value is -1.74. The van der Waals surface area contributed by atoms with Crippen molar-refractivity contribution in [1.82, 2.24) is 0 Å². The van der Waals surface area contributed by atoms with Crippen LogP contribution in [0.25, 0.3) is 0 Å². The standard InChI is InChI=1S/3C6H10O3.C4H9O.Zr/c3*1-3-5(4(2)7)6(8)9;1-2-3-4-5;/h3*5H,3H2,1-2H3,(H,8,9);2-4H2,1H3;/q;;;-1;+4/p-3. The summed E-state index contributed by atoms with van der Waals surface area (Å²) < 4.78 is 0. The Morgan fingerprint density at radius 3 is 0.788 bits per heavy atom. The minimum Gasteiger partial charge on any atom is -0.854 e. The molecule has 0 saturated carbocycles. The van der Waals surface area contributed by atoms with E-state index in [0.717, 1.165) is 12.8 Å². The zero-order chi connectivity index (χ0) is 26.4. The largest absolute Gasteiger partial charge is 4.00 e. The van der Waals surface area contributed by atoms with Gasteiger partial charge in [-0.2, -0.15) is 0 Å². The van der Waals surface area contributed by atoms with Gasteiger partial charge in [-0.3, -0.25) is 14.4 Å². The van der Waals surface area contributed by atoms with Crippen molar-refractivity contribution < 1.29 is 75.4 Å². The third kappa shape index (κ3) is 26.4. The molecule has 0 N–H and O–H groups in total. The maximum absolute atomic E-state index is 10.4. The van der Waals surface area contributed by atoms with Gasteiger partial charge in [-0.1, -0.05) is 40.5 Å². The van der Waals surface area contributed by atoms with Crippen LogP contribution < -0.4 is 20.4 Å². The molecule has 0 rings (SSSR count). The van der Waals surface area contributed by atoms with E-state index in [-0.39, 0.29) is 50.2 Å². The summed E-state index contributed by atoms with van der Waals surface area (Å²) in [4.78, 5) is 61.3. The molecule has 0 bridgehead atoms. The van der Waals surface area contributed by atoms with Crippen LogP contribution in [0.3, 0.4) is 0 Å². The second-order valence-corrected chi connectivity index (χ2v) is 6.73. The Labute approximate surface area is 215 Å². The van der Waals surface area contributed by atoms with E-state index in [2.05, 4.69) is 0 Å². The van der Waals surface area contributed by atoms with E-state index in [9.17, 15) is 49.2 Å². The number of aliphatic carboxylic acids is 3. The minimum atomic E-state index is -1.27.